The second-order valence-corrected chi connectivity index (χ2v) is 6.10. The molecule has 1 aliphatic rings. The average Bonchev–Trinajstić information content (AvgIpc) is 2.77. The third-order valence-electron chi connectivity index (χ3n) is 3.03. The predicted molar refractivity (Wildman–Crippen MR) is 75.6 cm³/mol. The smallest absolute Gasteiger partial charge is 0.161 e. The summed E-state index contributed by atoms with van der Waals surface area (Å²) in [6, 6.07) is 7.41. The molecule has 1 aromatic heterocycles. The predicted octanol–water partition coefficient (Wildman–Crippen LogP) is 3.56. The lowest BCUT2D eigenvalue weighted by Crippen LogP contribution is -2.15. The molecule has 3 nitrogen and oxygen atoms in total. The Balaban J connectivity index is 1.93. The van der Waals surface area contributed by atoms with Gasteiger partial charge in [0.2, 0.25) is 0 Å². The molecule has 2 heterocycles. The molecule has 5 heteroatoms. The Bertz CT molecular complexity index is 589. The fraction of sp³-hybridized carbons (Fsp3) is 0.286. The van der Waals surface area contributed by atoms with Gasteiger partial charge < -0.3 is 14.6 Å². The van der Waals surface area contributed by atoms with E-state index in [1.165, 1.54) is 11.3 Å². The van der Waals surface area contributed by atoms with Crippen molar-refractivity contribution in [3.63, 3.8) is 0 Å². The number of aliphatic hydroxyl groups excluding tert-OH is 1. The zero-order chi connectivity index (χ0) is 13.4. The molecular weight excluding hydrogens is 284 g/mol. The lowest BCUT2D eigenvalue weighted by molar-refractivity contribution is 0.170. The lowest BCUT2D eigenvalue weighted by atomic mass is 10.1. The molecule has 19 heavy (non-hydrogen) atoms. The van der Waals surface area contributed by atoms with Gasteiger partial charge in [-0.05, 0) is 36.2 Å². The monoisotopic (exact) mass is 296 g/mol. The van der Waals surface area contributed by atoms with E-state index in [1.54, 1.807) is 0 Å². The number of benzene rings is 1. The van der Waals surface area contributed by atoms with Gasteiger partial charge in [0, 0.05) is 4.88 Å². The van der Waals surface area contributed by atoms with Gasteiger partial charge in [-0.25, -0.2) is 0 Å². The third-order valence-corrected chi connectivity index (χ3v) is 4.64. The number of halogens is 1. The minimum absolute atomic E-state index is 0.538. The molecule has 2 aromatic rings. The van der Waals surface area contributed by atoms with E-state index in [2.05, 4.69) is 0 Å². The van der Waals surface area contributed by atoms with Gasteiger partial charge in [0.05, 0.1) is 4.34 Å². The maximum absolute atomic E-state index is 10.4. The number of aryl methyl sites for hydroxylation is 1. The van der Waals surface area contributed by atoms with Gasteiger partial charge in [-0.3, -0.25) is 0 Å². The van der Waals surface area contributed by atoms with Crippen LogP contribution in [0.3, 0.4) is 0 Å². The second-order valence-electron chi connectivity index (χ2n) is 4.41. The summed E-state index contributed by atoms with van der Waals surface area (Å²) in [5.41, 5.74) is 1.76. The SMILES string of the molecule is Cc1cc(C(O)c2ccc3c(c2)OCCO3)sc1Cl. The maximum atomic E-state index is 10.4. The maximum Gasteiger partial charge on any atom is 0.161 e. The van der Waals surface area contributed by atoms with E-state index in [0.29, 0.717) is 23.3 Å². The van der Waals surface area contributed by atoms with Crippen LogP contribution in [0.2, 0.25) is 4.34 Å². The van der Waals surface area contributed by atoms with Crippen LogP contribution < -0.4 is 9.47 Å². The quantitative estimate of drug-likeness (QED) is 0.921. The first kappa shape index (κ1) is 12.8. The number of aliphatic hydroxyl groups is 1. The van der Waals surface area contributed by atoms with Crippen molar-refractivity contribution >= 4 is 22.9 Å². The summed E-state index contributed by atoms with van der Waals surface area (Å²) >= 11 is 7.44. The average molecular weight is 297 g/mol. The minimum Gasteiger partial charge on any atom is -0.486 e. The number of rotatable bonds is 2. The van der Waals surface area contributed by atoms with Gasteiger partial charge in [0.15, 0.2) is 11.5 Å². The summed E-state index contributed by atoms with van der Waals surface area (Å²) in [5, 5.41) is 10.4. The van der Waals surface area contributed by atoms with Crippen LogP contribution in [-0.2, 0) is 0 Å². The number of fused-ring (bicyclic) bond motifs is 1. The van der Waals surface area contributed by atoms with E-state index in [0.717, 1.165) is 21.8 Å². The first-order valence-corrected chi connectivity index (χ1v) is 7.18. The molecule has 1 aromatic carbocycles. The Kier molecular flexibility index (Phi) is 3.39. The first-order valence-electron chi connectivity index (χ1n) is 5.98. The number of hydrogen-bond donors (Lipinski definition) is 1. The fourth-order valence-electron chi connectivity index (χ4n) is 2.01. The molecule has 100 valence electrons. The van der Waals surface area contributed by atoms with Gasteiger partial charge >= 0.3 is 0 Å². The molecule has 0 aliphatic carbocycles. The van der Waals surface area contributed by atoms with Crippen molar-refractivity contribution < 1.29 is 14.6 Å². The molecule has 1 atom stereocenters. The highest BCUT2D eigenvalue weighted by Gasteiger charge is 2.18. The zero-order valence-corrected chi connectivity index (χ0v) is 11.9. The van der Waals surface area contributed by atoms with E-state index in [-0.39, 0.29) is 0 Å². The van der Waals surface area contributed by atoms with Crippen LogP contribution in [-0.4, -0.2) is 18.3 Å². The molecule has 1 unspecified atom stereocenters. The molecule has 0 saturated heterocycles. The van der Waals surface area contributed by atoms with Gasteiger partial charge in [-0.15, -0.1) is 11.3 Å². The van der Waals surface area contributed by atoms with Gasteiger partial charge in [-0.2, -0.15) is 0 Å². The van der Waals surface area contributed by atoms with Crippen LogP contribution >= 0.6 is 22.9 Å². The standard InChI is InChI=1S/C14H13ClO3S/c1-8-6-12(19-14(8)15)13(16)9-2-3-10-11(7-9)18-5-4-17-10/h2-3,6-7,13,16H,4-5H2,1H3. The topological polar surface area (TPSA) is 38.7 Å². The summed E-state index contributed by atoms with van der Waals surface area (Å²) in [6.07, 6.45) is -0.688. The highest BCUT2D eigenvalue weighted by Crippen LogP contribution is 2.37. The molecule has 0 bridgehead atoms. The Labute approximate surface area is 120 Å². The summed E-state index contributed by atoms with van der Waals surface area (Å²) in [5.74, 6) is 1.41. The van der Waals surface area contributed by atoms with Crippen LogP contribution in [0.5, 0.6) is 11.5 Å². The van der Waals surface area contributed by atoms with Crippen molar-refractivity contribution in [3.8, 4) is 11.5 Å². The van der Waals surface area contributed by atoms with Crippen LogP contribution in [0.1, 0.15) is 22.1 Å². The highest BCUT2D eigenvalue weighted by atomic mass is 35.5. The van der Waals surface area contributed by atoms with Crippen molar-refractivity contribution in [2.45, 2.75) is 13.0 Å². The van der Waals surface area contributed by atoms with Crippen molar-refractivity contribution in [1.29, 1.82) is 0 Å². The third kappa shape index (κ3) is 2.43. The normalized spacial score (nSPS) is 15.3. The van der Waals surface area contributed by atoms with Crippen LogP contribution in [0, 0.1) is 6.92 Å². The Hall–Kier alpha value is -1.23. The second kappa shape index (κ2) is 5.04. The van der Waals surface area contributed by atoms with Crippen molar-refractivity contribution in [1.82, 2.24) is 0 Å². The minimum atomic E-state index is -0.688. The van der Waals surface area contributed by atoms with E-state index < -0.39 is 6.10 Å². The molecule has 0 fully saturated rings. The highest BCUT2D eigenvalue weighted by molar-refractivity contribution is 7.16. The number of thiophene rings is 1. The van der Waals surface area contributed by atoms with Crippen LogP contribution in [0.25, 0.3) is 0 Å². The summed E-state index contributed by atoms with van der Waals surface area (Å²) < 4.78 is 11.7. The Morgan fingerprint density at radius 3 is 2.63 bits per heavy atom. The molecule has 0 radical (unpaired) electrons. The molecule has 0 amide bonds. The zero-order valence-electron chi connectivity index (χ0n) is 10.4. The molecule has 0 saturated carbocycles. The molecule has 3 rings (SSSR count). The number of hydrogen-bond acceptors (Lipinski definition) is 4. The summed E-state index contributed by atoms with van der Waals surface area (Å²) in [6.45, 7) is 3.03. The van der Waals surface area contributed by atoms with Crippen LogP contribution in [0.15, 0.2) is 24.3 Å². The van der Waals surface area contributed by atoms with Crippen molar-refractivity contribution in [3.05, 3.63) is 44.6 Å². The van der Waals surface area contributed by atoms with E-state index in [1.807, 2.05) is 31.2 Å². The van der Waals surface area contributed by atoms with Crippen molar-refractivity contribution in [2.24, 2.45) is 0 Å². The van der Waals surface area contributed by atoms with E-state index in [9.17, 15) is 5.11 Å². The molecule has 1 N–H and O–H groups in total. The molecular formula is C14H13ClO3S. The first-order chi connectivity index (χ1) is 9.15. The fourth-order valence-corrected chi connectivity index (χ4v) is 3.24. The summed E-state index contributed by atoms with van der Waals surface area (Å²) in [4.78, 5) is 0.833. The van der Waals surface area contributed by atoms with Gasteiger partial charge in [-0.1, -0.05) is 17.7 Å². The van der Waals surface area contributed by atoms with Gasteiger partial charge in [0.1, 0.15) is 19.3 Å². The van der Waals surface area contributed by atoms with Crippen molar-refractivity contribution in [2.75, 3.05) is 13.2 Å². The largest absolute Gasteiger partial charge is 0.486 e. The summed E-state index contributed by atoms with van der Waals surface area (Å²) in [7, 11) is 0. The van der Waals surface area contributed by atoms with Crippen LogP contribution in [0.4, 0.5) is 0 Å². The number of ether oxygens (including phenoxy) is 2. The lowest BCUT2D eigenvalue weighted by Gasteiger charge is -2.20. The van der Waals surface area contributed by atoms with E-state index >= 15 is 0 Å². The molecule has 0 spiro atoms. The van der Waals surface area contributed by atoms with Gasteiger partial charge in [0.25, 0.3) is 0 Å². The molecule has 1 aliphatic heterocycles. The Morgan fingerprint density at radius 1 is 1.21 bits per heavy atom. The Morgan fingerprint density at radius 2 is 1.95 bits per heavy atom. The van der Waals surface area contributed by atoms with E-state index in [4.69, 9.17) is 21.1 Å².